The van der Waals surface area contributed by atoms with Gasteiger partial charge in [-0.3, -0.25) is 9.59 Å². The van der Waals surface area contributed by atoms with Crippen LogP contribution in [0.25, 0.3) is 0 Å². The van der Waals surface area contributed by atoms with E-state index in [1.54, 1.807) is 0 Å². The van der Waals surface area contributed by atoms with Crippen molar-refractivity contribution < 1.29 is 14.7 Å². The summed E-state index contributed by atoms with van der Waals surface area (Å²) in [4.78, 5) is 25.6. The Balaban J connectivity index is 1.44. The van der Waals surface area contributed by atoms with Crippen LogP contribution in [0.4, 0.5) is 0 Å². The number of piperidine rings is 1. The number of aliphatic carboxylic acids is 1. The molecular formula is C16H26N2O3. The molecule has 0 spiro atoms. The molecule has 3 fully saturated rings. The lowest BCUT2D eigenvalue weighted by Gasteiger charge is -2.36. The zero-order chi connectivity index (χ0) is 15.0. The molecule has 1 saturated carbocycles. The first-order valence-corrected chi connectivity index (χ1v) is 8.27. The monoisotopic (exact) mass is 294 g/mol. The van der Waals surface area contributed by atoms with E-state index in [0.717, 1.165) is 13.0 Å². The second-order valence-corrected chi connectivity index (χ2v) is 7.18. The molecule has 3 aliphatic rings. The normalized spacial score (nSPS) is 39.4. The predicted molar refractivity (Wildman–Crippen MR) is 78.8 cm³/mol. The van der Waals surface area contributed by atoms with Crippen molar-refractivity contribution in [1.29, 1.82) is 0 Å². The smallest absolute Gasteiger partial charge is 0.306 e. The molecule has 0 aromatic rings. The second kappa shape index (κ2) is 5.95. The van der Waals surface area contributed by atoms with Crippen LogP contribution in [0.5, 0.6) is 0 Å². The van der Waals surface area contributed by atoms with Gasteiger partial charge in [-0.2, -0.15) is 0 Å². The molecule has 2 heterocycles. The summed E-state index contributed by atoms with van der Waals surface area (Å²) in [5, 5.41) is 12.1. The van der Waals surface area contributed by atoms with Crippen LogP contribution in [0, 0.1) is 17.8 Å². The molecule has 2 saturated heterocycles. The van der Waals surface area contributed by atoms with Gasteiger partial charge in [0.1, 0.15) is 0 Å². The third-order valence-electron chi connectivity index (χ3n) is 5.91. The van der Waals surface area contributed by atoms with Crippen molar-refractivity contribution in [3.05, 3.63) is 0 Å². The molecule has 2 bridgehead atoms. The molecule has 0 aromatic heterocycles. The van der Waals surface area contributed by atoms with Crippen LogP contribution in [0.3, 0.4) is 0 Å². The van der Waals surface area contributed by atoms with Gasteiger partial charge >= 0.3 is 5.97 Å². The molecule has 1 aliphatic carbocycles. The van der Waals surface area contributed by atoms with Gasteiger partial charge in [0.25, 0.3) is 0 Å². The quantitative estimate of drug-likeness (QED) is 0.824. The van der Waals surface area contributed by atoms with Gasteiger partial charge in [-0.25, -0.2) is 0 Å². The van der Waals surface area contributed by atoms with E-state index < -0.39 is 5.97 Å². The zero-order valence-electron chi connectivity index (χ0n) is 12.8. The number of hydrogen-bond donors (Lipinski definition) is 2. The van der Waals surface area contributed by atoms with Crippen LogP contribution >= 0.6 is 0 Å². The van der Waals surface area contributed by atoms with Crippen LogP contribution in [-0.2, 0) is 9.59 Å². The van der Waals surface area contributed by atoms with Gasteiger partial charge in [-0.05, 0) is 57.9 Å². The standard InChI is InChI=1S/C16H26N2O3/c1-18-13-4-5-14(18)7-10(6-13)9-17-15(19)11-2-3-12(8-11)16(20)21/h10-14H,2-9H2,1H3,(H,17,19)(H,20,21)/t10?,11-,12+,13?,14?/m1/s1. The fourth-order valence-corrected chi connectivity index (χ4v) is 4.52. The fraction of sp³-hybridized carbons (Fsp3) is 0.875. The number of nitrogens with one attached hydrogen (secondary N) is 1. The fourth-order valence-electron chi connectivity index (χ4n) is 4.52. The van der Waals surface area contributed by atoms with E-state index >= 15 is 0 Å². The summed E-state index contributed by atoms with van der Waals surface area (Å²) in [5.74, 6) is -0.490. The van der Waals surface area contributed by atoms with Crippen molar-refractivity contribution in [3.8, 4) is 0 Å². The minimum atomic E-state index is -0.753. The first kappa shape index (κ1) is 14.8. The Morgan fingerprint density at radius 3 is 2.24 bits per heavy atom. The molecule has 2 N–H and O–H groups in total. The average Bonchev–Trinajstić information content (AvgIpc) is 3.00. The van der Waals surface area contributed by atoms with E-state index in [-0.39, 0.29) is 17.7 Å². The third-order valence-corrected chi connectivity index (χ3v) is 5.91. The highest BCUT2D eigenvalue weighted by molar-refractivity contribution is 5.80. The van der Waals surface area contributed by atoms with Crippen LogP contribution in [0.1, 0.15) is 44.9 Å². The Hall–Kier alpha value is -1.10. The summed E-state index contributed by atoms with van der Waals surface area (Å²) >= 11 is 0. The summed E-state index contributed by atoms with van der Waals surface area (Å²) in [6.07, 6.45) is 6.86. The van der Waals surface area contributed by atoms with E-state index in [1.807, 2.05) is 0 Å². The molecular weight excluding hydrogens is 268 g/mol. The largest absolute Gasteiger partial charge is 0.481 e. The highest BCUT2D eigenvalue weighted by Crippen LogP contribution is 2.37. The van der Waals surface area contributed by atoms with Gasteiger partial charge in [0.05, 0.1) is 5.92 Å². The van der Waals surface area contributed by atoms with Crippen LogP contribution < -0.4 is 5.32 Å². The SMILES string of the molecule is CN1C2CCC1CC(CNC(=O)[C@@H]1CC[C@H](C(=O)O)C1)C2. The number of carbonyl (C=O) groups excluding carboxylic acids is 1. The Bertz CT molecular complexity index is 412. The van der Waals surface area contributed by atoms with Crippen molar-refractivity contribution >= 4 is 11.9 Å². The number of hydrogen-bond acceptors (Lipinski definition) is 3. The van der Waals surface area contributed by atoms with Gasteiger partial charge < -0.3 is 15.3 Å². The van der Waals surface area contributed by atoms with E-state index in [1.165, 1.54) is 25.7 Å². The molecule has 4 atom stereocenters. The summed E-state index contributed by atoms with van der Waals surface area (Å²) in [6.45, 7) is 0.772. The molecule has 5 nitrogen and oxygen atoms in total. The summed E-state index contributed by atoms with van der Waals surface area (Å²) in [7, 11) is 2.22. The topological polar surface area (TPSA) is 69.6 Å². The van der Waals surface area contributed by atoms with Crippen molar-refractivity contribution in [2.45, 2.75) is 57.0 Å². The van der Waals surface area contributed by atoms with E-state index in [0.29, 0.717) is 30.8 Å². The maximum atomic E-state index is 12.2. The zero-order valence-corrected chi connectivity index (χ0v) is 12.8. The number of rotatable bonds is 4. The maximum Gasteiger partial charge on any atom is 0.306 e. The minimum Gasteiger partial charge on any atom is -0.481 e. The van der Waals surface area contributed by atoms with Crippen LogP contribution in [0.15, 0.2) is 0 Å². The second-order valence-electron chi connectivity index (χ2n) is 7.18. The van der Waals surface area contributed by atoms with Crippen LogP contribution in [-0.4, -0.2) is 47.6 Å². The van der Waals surface area contributed by atoms with Gasteiger partial charge in [0.2, 0.25) is 5.91 Å². The molecule has 118 valence electrons. The maximum absolute atomic E-state index is 12.2. The molecule has 0 aromatic carbocycles. The van der Waals surface area contributed by atoms with Gasteiger partial charge in [-0.1, -0.05) is 0 Å². The van der Waals surface area contributed by atoms with Crippen molar-refractivity contribution in [3.63, 3.8) is 0 Å². The highest BCUT2D eigenvalue weighted by Gasteiger charge is 2.39. The molecule has 0 radical (unpaired) electrons. The molecule has 5 heteroatoms. The van der Waals surface area contributed by atoms with Gasteiger partial charge in [0.15, 0.2) is 0 Å². The Labute approximate surface area is 126 Å². The summed E-state index contributed by atoms with van der Waals surface area (Å²) in [6, 6.07) is 1.40. The third kappa shape index (κ3) is 3.07. The predicted octanol–water partition coefficient (Wildman–Crippen LogP) is 1.48. The molecule has 1 amide bonds. The summed E-state index contributed by atoms with van der Waals surface area (Å²) < 4.78 is 0. The Morgan fingerprint density at radius 1 is 1.05 bits per heavy atom. The average molecular weight is 294 g/mol. The van der Waals surface area contributed by atoms with Gasteiger partial charge in [-0.15, -0.1) is 0 Å². The van der Waals surface area contributed by atoms with Crippen LogP contribution in [0.2, 0.25) is 0 Å². The van der Waals surface area contributed by atoms with Gasteiger partial charge in [0, 0.05) is 24.5 Å². The minimum absolute atomic E-state index is 0.0741. The lowest BCUT2D eigenvalue weighted by molar-refractivity contribution is -0.141. The summed E-state index contributed by atoms with van der Waals surface area (Å²) in [5.41, 5.74) is 0. The van der Waals surface area contributed by atoms with E-state index in [2.05, 4.69) is 17.3 Å². The molecule has 21 heavy (non-hydrogen) atoms. The number of carboxylic acids is 1. The molecule has 2 aliphatic heterocycles. The lowest BCUT2D eigenvalue weighted by Crippen LogP contribution is -2.44. The van der Waals surface area contributed by atoms with Crippen molar-refractivity contribution in [2.75, 3.05) is 13.6 Å². The highest BCUT2D eigenvalue weighted by atomic mass is 16.4. The molecule has 3 rings (SSSR count). The first-order valence-electron chi connectivity index (χ1n) is 8.27. The number of fused-ring (bicyclic) bond motifs is 2. The number of carboxylic acid groups (broad SMARTS) is 1. The Kier molecular flexibility index (Phi) is 4.20. The van der Waals surface area contributed by atoms with Crippen molar-refractivity contribution in [1.82, 2.24) is 10.2 Å². The lowest BCUT2D eigenvalue weighted by atomic mass is 9.91. The molecule has 2 unspecified atom stereocenters. The first-order chi connectivity index (χ1) is 10.0. The van der Waals surface area contributed by atoms with E-state index in [9.17, 15) is 9.59 Å². The number of carbonyl (C=O) groups is 2. The van der Waals surface area contributed by atoms with E-state index in [4.69, 9.17) is 5.11 Å². The number of nitrogens with zero attached hydrogens (tertiary/aromatic N) is 1. The number of amides is 1. The van der Waals surface area contributed by atoms with Crippen molar-refractivity contribution in [2.24, 2.45) is 17.8 Å². The Morgan fingerprint density at radius 2 is 1.67 bits per heavy atom.